The topological polar surface area (TPSA) is 108 Å². The fourth-order valence-corrected chi connectivity index (χ4v) is 12.7. The molecule has 10 nitrogen and oxygen atoms in total. The van der Waals surface area contributed by atoms with E-state index in [0.29, 0.717) is 36.5 Å². The molecule has 0 N–H and O–H groups in total. The number of rotatable bonds is 6. The summed E-state index contributed by atoms with van der Waals surface area (Å²) in [7, 11) is -3.36. The van der Waals surface area contributed by atoms with Gasteiger partial charge < -0.3 is 18.9 Å². The Kier molecular flexibility index (Phi) is 7.66. The quantitative estimate of drug-likeness (QED) is 0.332. The van der Waals surface area contributed by atoms with Gasteiger partial charge in [-0.05, 0) is 101 Å². The maximum absolute atomic E-state index is 13.6. The van der Waals surface area contributed by atoms with Crippen molar-refractivity contribution in [3.8, 4) is 0 Å². The summed E-state index contributed by atoms with van der Waals surface area (Å²) in [5.74, 6) is 0.706. The van der Waals surface area contributed by atoms with Gasteiger partial charge in [0.05, 0.1) is 23.7 Å². The molecule has 10 fully saturated rings. The Morgan fingerprint density at radius 2 is 1.00 bits per heavy atom. The van der Waals surface area contributed by atoms with Gasteiger partial charge in [0.15, 0.2) is 33.6 Å². The molecular formula is C34H54O10S. The highest BCUT2D eigenvalue weighted by Gasteiger charge is 2.70. The van der Waals surface area contributed by atoms with Gasteiger partial charge in [0.25, 0.3) is 0 Å². The molecule has 2 saturated carbocycles. The minimum Gasteiger partial charge on any atom is -0.346 e. The lowest BCUT2D eigenvalue weighted by Gasteiger charge is -2.60. The average molecular weight is 655 g/mol. The van der Waals surface area contributed by atoms with Crippen LogP contribution in [-0.2, 0) is 48.3 Å². The van der Waals surface area contributed by atoms with Crippen LogP contribution < -0.4 is 0 Å². The van der Waals surface area contributed by atoms with Gasteiger partial charge in [-0.15, -0.1) is 0 Å². The Morgan fingerprint density at radius 3 is 1.42 bits per heavy atom. The van der Waals surface area contributed by atoms with Crippen LogP contribution >= 0.6 is 0 Å². The zero-order valence-corrected chi connectivity index (χ0v) is 28.7. The molecule has 4 bridgehead atoms. The summed E-state index contributed by atoms with van der Waals surface area (Å²) in [6.45, 7) is 12.8. The molecule has 11 heteroatoms. The van der Waals surface area contributed by atoms with Crippen molar-refractivity contribution < 1.29 is 46.9 Å². The van der Waals surface area contributed by atoms with E-state index in [1.165, 1.54) is 0 Å². The molecule has 10 rings (SSSR count). The van der Waals surface area contributed by atoms with Crippen LogP contribution in [0.5, 0.6) is 0 Å². The number of hydrogen-bond acceptors (Lipinski definition) is 10. The normalized spacial score (nSPS) is 57.0. The Morgan fingerprint density at radius 1 is 0.578 bits per heavy atom. The van der Waals surface area contributed by atoms with Crippen molar-refractivity contribution in [2.45, 2.75) is 153 Å². The largest absolute Gasteiger partial charge is 0.346 e. The molecule has 256 valence electrons. The molecule has 45 heavy (non-hydrogen) atoms. The van der Waals surface area contributed by atoms with Crippen LogP contribution in [0.25, 0.3) is 0 Å². The number of hydrogen-bond donors (Lipinski definition) is 0. The summed E-state index contributed by atoms with van der Waals surface area (Å²) in [5.41, 5.74) is -1.26. The van der Waals surface area contributed by atoms with Crippen LogP contribution in [0.1, 0.15) is 106 Å². The van der Waals surface area contributed by atoms with Crippen LogP contribution in [0.15, 0.2) is 0 Å². The average Bonchev–Trinajstić information content (AvgIpc) is 3.37. The van der Waals surface area contributed by atoms with Crippen molar-refractivity contribution >= 4 is 9.84 Å². The van der Waals surface area contributed by atoms with Crippen molar-refractivity contribution in [2.75, 3.05) is 11.5 Å². The molecule has 0 aromatic carbocycles. The monoisotopic (exact) mass is 654 g/mol. The van der Waals surface area contributed by atoms with Crippen molar-refractivity contribution in [1.82, 2.24) is 0 Å². The van der Waals surface area contributed by atoms with E-state index in [2.05, 4.69) is 27.7 Å². The van der Waals surface area contributed by atoms with Crippen molar-refractivity contribution in [1.29, 1.82) is 0 Å². The zero-order valence-electron chi connectivity index (χ0n) is 27.9. The maximum Gasteiger partial charge on any atom is 0.201 e. The van der Waals surface area contributed by atoms with Gasteiger partial charge in [-0.25, -0.2) is 28.0 Å². The van der Waals surface area contributed by atoms with Gasteiger partial charge in [0.2, 0.25) is 11.6 Å². The summed E-state index contributed by atoms with van der Waals surface area (Å²) < 4.78 is 53.5. The smallest absolute Gasteiger partial charge is 0.201 e. The summed E-state index contributed by atoms with van der Waals surface area (Å²) >= 11 is 0. The molecular weight excluding hydrogens is 600 g/mol. The first kappa shape index (κ1) is 31.9. The minimum atomic E-state index is -3.36. The molecule has 2 aliphatic carbocycles. The highest BCUT2D eigenvalue weighted by Crippen LogP contribution is 2.62. The van der Waals surface area contributed by atoms with Crippen LogP contribution in [0, 0.1) is 47.3 Å². The maximum atomic E-state index is 13.6. The van der Waals surface area contributed by atoms with Crippen LogP contribution in [-0.4, -0.2) is 67.5 Å². The highest BCUT2D eigenvalue weighted by molar-refractivity contribution is 7.91. The van der Waals surface area contributed by atoms with Gasteiger partial charge in [0.1, 0.15) is 0 Å². The SMILES string of the molecule is C[C@H]1[C@@H](CCS(=O)(=O)CC[C@H]2O[C@@H]3OC4(C)CC[C@H]5[C@H](C)CC[C@@H]([C@H]2C)[C@@]35OO4)O[C@@H]2OC3(C)CC[C@H]4[C@H](C)CC[C@@H]1[C@@]24OO3. The first-order valence-corrected chi connectivity index (χ1v) is 19.7. The number of sulfone groups is 1. The second kappa shape index (κ2) is 10.8. The summed E-state index contributed by atoms with van der Waals surface area (Å²) in [5, 5.41) is 0. The second-order valence-corrected chi connectivity index (χ2v) is 18.9. The van der Waals surface area contributed by atoms with Crippen LogP contribution in [0.2, 0.25) is 0 Å². The van der Waals surface area contributed by atoms with Crippen molar-refractivity contribution in [3.63, 3.8) is 0 Å². The van der Waals surface area contributed by atoms with E-state index < -0.39 is 45.2 Å². The standard InChI is InChI=1S/C34H54O10S/c1-19-7-9-25-21(3)27(37-29-33(25)23(19)11-15-31(5,39-29)41-43-33)13-17-45(35,36)18-14-28-22(4)26-10-8-20(2)24-12-16-32(6)40-30(38-28)34(24,26)44-42-32/h19-30H,7-18H2,1-6H3/t19-,20-,21-,22-,23+,24+,25+,26+,27-,28-,29-,30-,31?,32?,33-,34-/m1/s1. The third-order valence-electron chi connectivity index (χ3n) is 14.0. The fourth-order valence-electron chi connectivity index (χ4n) is 11.3. The lowest BCUT2D eigenvalue weighted by Crippen LogP contribution is -2.70. The predicted octanol–water partition coefficient (Wildman–Crippen LogP) is 5.68. The second-order valence-electron chi connectivity index (χ2n) is 16.6. The van der Waals surface area contributed by atoms with E-state index in [1.54, 1.807) is 0 Å². The Balaban J connectivity index is 0.941. The minimum absolute atomic E-state index is 0.0753. The third kappa shape index (κ3) is 4.79. The van der Waals surface area contributed by atoms with Crippen molar-refractivity contribution in [3.05, 3.63) is 0 Å². The molecule has 2 unspecified atom stereocenters. The summed E-state index contributed by atoms with van der Waals surface area (Å²) in [4.78, 5) is 24.4. The molecule has 0 aromatic heterocycles. The summed E-state index contributed by atoms with van der Waals surface area (Å²) in [6, 6.07) is 0. The number of fused-ring (bicyclic) bond motifs is 4. The highest BCUT2D eigenvalue weighted by atomic mass is 32.2. The summed E-state index contributed by atoms with van der Waals surface area (Å²) in [6.07, 6.45) is 7.08. The molecule has 8 aliphatic heterocycles. The Bertz CT molecular complexity index is 1180. The van der Waals surface area contributed by atoms with E-state index in [-0.39, 0.29) is 47.4 Å². The Labute approximate surface area is 268 Å². The van der Waals surface area contributed by atoms with E-state index in [9.17, 15) is 8.42 Å². The van der Waals surface area contributed by atoms with E-state index in [1.807, 2.05) is 13.8 Å². The molecule has 8 heterocycles. The fraction of sp³-hybridized carbons (Fsp3) is 1.00. The van der Waals surface area contributed by atoms with Gasteiger partial charge in [-0.3, -0.25) is 0 Å². The van der Waals surface area contributed by atoms with E-state index in [0.717, 1.165) is 51.4 Å². The van der Waals surface area contributed by atoms with Gasteiger partial charge in [0, 0.05) is 24.7 Å². The van der Waals surface area contributed by atoms with Gasteiger partial charge in [-0.2, -0.15) is 0 Å². The van der Waals surface area contributed by atoms with Gasteiger partial charge in [-0.1, -0.05) is 27.7 Å². The van der Waals surface area contributed by atoms with Crippen LogP contribution in [0.4, 0.5) is 0 Å². The molecule has 10 aliphatic rings. The Hall–Kier alpha value is -0.370. The van der Waals surface area contributed by atoms with E-state index >= 15 is 0 Å². The molecule has 2 spiro atoms. The predicted molar refractivity (Wildman–Crippen MR) is 162 cm³/mol. The molecule has 8 saturated heterocycles. The zero-order chi connectivity index (χ0) is 31.6. The number of ether oxygens (including phenoxy) is 4. The third-order valence-corrected chi connectivity index (χ3v) is 15.7. The first-order valence-electron chi connectivity index (χ1n) is 17.9. The molecule has 0 radical (unpaired) electrons. The van der Waals surface area contributed by atoms with E-state index in [4.69, 9.17) is 38.5 Å². The van der Waals surface area contributed by atoms with Crippen molar-refractivity contribution in [2.24, 2.45) is 47.3 Å². The lowest BCUT2D eigenvalue weighted by molar-refractivity contribution is -0.571. The first-order chi connectivity index (χ1) is 21.3. The van der Waals surface area contributed by atoms with Gasteiger partial charge >= 0.3 is 0 Å². The van der Waals surface area contributed by atoms with Crippen LogP contribution in [0.3, 0.4) is 0 Å². The lowest BCUT2D eigenvalue weighted by atomic mass is 9.57. The molecule has 16 atom stereocenters. The molecule has 0 aromatic rings. The molecule has 0 amide bonds.